The quantitative estimate of drug-likeness (QED) is 0.591. The van der Waals surface area contributed by atoms with Gasteiger partial charge in [-0.2, -0.15) is 0 Å². The Kier molecular flexibility index (Phi) is 5.85. The second-order valence-electron chi connectivity index (χ2n) is 8.52. The minimum Gasteiger partial charge on any atom is -0.482 e. The van der Waals surface area contributed by atoms with Gasteiger partial charge >= 0.3 is 0 Å². The molecular weight excluding hydrogens is 422 g/mol. The van der Waals surface area contributed by atoms with Crippen molar-refractivity contribution in [3.8, 4) is 17.0 Å². The number of ether oxygens (including phenoxy) is 2. The Bertz CT molecular complexity index is 1210. The normalized spacial score (nSPS) is 18.5. The van der Waals surface area contributed by atoms with Crippen molar-refractivity contribution in [1.29, 1.82) is 0 Å². The summed E-state index contributed by atoms with van der Waals surface area (Å²) < 4.78 is 13.7. The van der Waals surface area contributed by atoms with Gasteiger partial charge in [0, 0.05) is 17.6 Å². The van der Waals surface area contributed by atoms with Crippen LogP contribution in [0.1, 0.15) is 38.2 Å². The highest BCUT2D eigenvalue weighted by molar-refractivity contribution is 7.07. The van der Waals surface area contributed by atoms with E-state index in [9.17, 15) is 4.79 Å². The van der Waals surface area contributed by atoms with Crippen LogP contribution in [0.3, 0.4) is 0 Å². The summed E-state index contributed by atoms with van der Waals surface area (Å²) in [5.74, 6) is 0.962. The van der Waals surface area contributed by atoms with E-state index in [-0.39, 0.29) is 18.6 Å². The zero-order chi connectivity index (χ0) is 22.1. The number of carbonyl (C=O) groups is 1. The fourth-order valence-electron chi connectivity index (χ4n) is 4.24. The highest BCUT2D eigenvalue weighted by atomic mass is 32.1. The third-order valence-electron chi connectivity index (χ3n) is 5.89. The Morgan fingerprint density at radius 1 is 1.25 bits per heavy atom. The Balaban J connectivity index is 1.61. The van der Waals surface area contributed by atoms with Crippen molar-refractivity contribution in [2.45, 2.75) is 45.3 Å². The molecule has 1 aromatic heterocycles. The number of thiazole rings is 1. The molecule has 1 atom stereocenters. The van der Waals surface area contributed by atoms with Gasteiger partial charge in [0.2, 0.25) is 0 Å². The lowest BCUT2D eigenvalue weighted by atomic mass is 10.0. The number of nitrogens with one attached hydrogen (secondary N) is 1. The number of aromatic nitrogens is 1. The first kappa shape index (κ1) is 21.0. The van der Waals surface area contributed by atoms with Gasteiger partial charge in [-0.1, -0.05) is 32.0 Å². The molecule has 32 heavy (non-hydrogen) atoms. The third kappa shape index (κ3) is 4.23. The Morgan fingerprint density at radius 2 is 2.12 bits per heavy atom. The summed E-state index contributed by atoms with van der Waals surface area (Å²) in [5.41, 5.74) is 5.02. The van der Waals surface area contributed by atoms with Crippen LogP contribution in [0.5, 0.6) is 5.75 Å². The molecule has 0 spiro atoms. The molecule has 5 rings (SSSR count). The number of anilines is 1. The van der Waals surface area contributed by atoms with Crippen LogP contribution in [-0.2, 0) is 16.1 Å². The maximum absolute atomic E-state index is 11.8. The molecule has 2 aliphatic heterocycles. The Hall–Kier alpha value is -2.90. The van der Waals surface area contributed by atoms with Gasteiger partial charge in [-0.25, -0.2) is 4.99 Å². The van der Waals surface area contributed by atoms with E-state index < -0.39 is 0 Å². The molecule has 1 fully saturated rings. The van der Waals surface area contributed by atoms with Crippen molar-refractivity contribution in [2.24, 2.45) is 4.99 Å². The Morgan fingerprint density at radius 3 is 2.94 bits per heavy atom. The second-order valence-corrected chi connectivity index (χ2v) is 9.36. The van der Waals surface area contributed by atoms with Gasteiger partial charge in [-0.3, -0.25) is 4.79 Å². The molecule has 0 aliphatic carbocycles. The zero-order valence-electron chi connectivity index (χ0n) is 18.3. The predicted octanol–water partition coefficient (Wildman–Crippen LogP) is 5.08. The van der Waals surface area contributed by atoms with E-state index in [4.69, 9.17) is 14.5 Å². The van der Waals surface area contributed by atoms with Crippen LogP contribution in [0, 0.1) is 0 Å². The minimum atomic E-state index is -0.131. The summed E-state index contributed by atoms with van der Waals surface area (Å²) in [6.07, 6.45) is 2.33. The molecule has 0 saturated carbocycles. The lowest BCUT2D eigenvalue weighted by Gasteiger charge is -2.19. The van der Waals surface area contributed by atoms with E-state index in [1.54, 1.807) is 11.3 Å². The molecule has 3 aromatic rings. The third-order valence-corrected chi connectivity index (χ3v) is 6.75. The molecule has 0 bridgehead atoms. The average molecular weight is 450 g/mol. The van der Waals surface area contributed by atoms with Gasteiger partial charge in [-0.05, 0) is 48.6 Å². The molecule has 1 saturated heterocycles. The number of nitrogens with zero attached hydrogens (tertiary/aromatic N) is 2. The molecule has 2 aliphatic rings. The fraction of sp³-hybridized carbons (Fsp3) is 0.360. The van der Waals surface area contributed by atoms with Crippen LogP contribution < -0.4 is 14.9 Å². The molecule has 6 nitrogen and oxygen atoms in total. The van der Waals surface area contributed by atoms with Crippen molar-refractivity contribution in [3.05, 3.63) is 58.2 Å². The van der Waals surface area contributed by atoms with Crippen LogP contribution in [0.25, 0.3) is 11.3 Å². The first-order chi connectivity index (χ1) is 15.6. The smallest absolute Gasteiger partial charge is 0.262 e. The van der Waals surface area contributed by atoms with Crippen LogP contribution in [0.2, 0.25) is 0 Å². The summed E-state index contributed by atoms with van der Waals surface area (Å²) in [6.45, 7) is 6.01. The van der Waals surface area contributed by atoms with E-state index in [1.807, 2.05) is 24.3 Å². The highest BCUT2D eigenvalue weighted by Gasteiger charge is 2.21. The zero-order valence-corrected chi connectivity index (χ0v) is 19.2. The lowest BCUT2D eigenvalue weighted by Crippen LogP contribution is -2.25. The molecule has 3 heterocycles. The minimum absolute atomic E-state index is 0.0576. The summed E-state index contributed by atoms with van der Waals surface area (Å²) in [4.78, 5) is 17.8. The lowest BCUT2D eigenvalue weighted by molar-refractivity contribution is -0.118. The SMILES string of the molecule is CC(C)c1ccccc1N=c1scc(-c2ccc3c(c2)NC(=O)CO3)n1CC1CCCO1. The van der Waals surface area contributed by atoms with E-state index in [0.29, 0.717) is 17.4 Å². The molecular formula is C25H27N3O3S. The number of hydrogen-bond acceptors (Lipinski definition) is 5. The molecule has 1 amide bonds. The maximum atomic E-state index is 11.8. The van der Waals surface area contributed by atoms with Crippen molar-refractivity contribution in [1.82, 2.24) is 4.57 Å². The van der Waals surface area contributed by atoms with Gasteiger partial charge < -0.3 is 19.4 Å². The first-order valence-electron chi connectivity index (χ1n) is 11.1. The van der Waals surface area contributed by atoms with E-state index >= 15 is 0 Å². The monoisotopic (exact) mass is 449 g/mol. The van der Waals surface area contributed by atoms with Gasteiger partial charge in [0.05, 0.1) is 29.7 Å². The van der Waals surface area contributed by atoms with E-state index in [1.165, 1.54) is 5.56 Å². The topological polar surface area (TPSA) is 64.8 Å². The Labute approximate surface area is 191 Å². The number of fused-ring (bicyclic) bond motifs is 1. The van der Waals surface area contributed by atoms with Gasteiger partial charge in [0.25, 0.3) is 5.91 Å². The molecule has 166 valence electrons. The number of hydrogen-bond donors (Lipinski definition) is 1. The number of amides is 1. The number of para-hydroxylation sites is 1. The molecule has 7 heteroatoms. The predicted molar refractivity (Wildman–Crippen MR) is 127 cm³/mol. The fourth-order valence-corrected chi connectivity index (χ4v) is 5.17. The van der Waals surface area contributed by atoms with Crippen molar-refractivity contribution < 1.29 is 14.3 Å². The summed E-state index contributed by atoms with van der Waals surface area (Å²) in [6, 6.07) is 14.3. The van der Waals surface area contributed by atoms with E-state index in [2.05, 4.69) is 47.3 Å². The van der Waals surface area contributed by atoms with Crippen molar-refractivity contribution >= 4 is 28.6 Å². The van der Waals surface area contributed by atoms with Crippen molar-refractivity contribution in [3.63, 3.8) is 0 Å². The molecule has 1 unspecified atom stereocenters. The molecule has 1 N–H and O–H groups in total. The second kappa shape index (κ2) is 8.92. The molecule has 2 aromatic carbocycles. The summed E-state index contributed by atoms with van der Waals surface area (Å²) in [5, 5.41) is 5.05. The average Bonchev–Trinajstić information content (AvgIpc) is 3.44. The van der Waals surface area contributed by atoms with Crippen LogP contribution >= 0.6 is 11.3 Å². The summed E-state index contributed by atoms with van der Waals surface area (Å²) in [7, 11) is 0. The van der Waals surface area contributed by atoms with Gasteiger partial charge in [0.15, 0.2) is 11.4 Å². The van der Waals surface area contributed by atoms with Crippen molar-refractivity contribution in [2.75, 3.05) is 18.5 Å². The van der Waals surface area contributed by atoms with Gasteiger partial charge in [0.1, 0.15) is 5.75 Å². The van der Waals surface area contributed by atoms with E-state index in [0.717, 1.165) is 47.7 Å². The van der Waals surface area contributed by atoms with Crippen LogP contribution in [0.4, 0.5) is 11.4 Å². The van der Waals surface area contributed by atoms with Crippen LogP contribution in [-0.4, -0.2) is 29.8 Å². The number of rotatable bonds is 5. The number of carbonyl (C=O) groups excluding carboxylic acids is 1. The first-order valence-corrected chi connectivity index (χ1v) is 12.0. The molecule has 0 radical (unpaired) electrons. The van der Waals surface area contributed by atoms with Crippen LogP contribution in [0.15, 0.2) is 52.8 Å². The maximum Gasteiger partial charge on any atom is 0.262 e. The van der Waals surface area contributed by atoms with Gasteiger partial charge in [-0.15, -0.1) is 11.3 Å². The standard InChI is InChI=1S/C25H27N3O3S/c1-16(2)19-7-3-4-8-20(19)27-25-28(13-18-6-5-11-30-18)22(15-32-25)17-9-10-23-21(12-17)26-24(29)14-31-23/h3-4,7-10,12,15-16,18H,5-6,11,13-14H2,1-2H3,(H,26,29). The largest absolute Gasteiger partial charge is 0.482 e. The highest BCUT2D eigenvalue weighted by Crippen LogP contribution is 2.33. The summed E-state index contributed by atoms with van der Waals surface area (Å²) >= 11 is 1.63. The number of benzene rings is 2.